The third-order valence-corrected chi connectivity index (χ3v) is 4.45. The predicted molar refractivity (Wildman–Crippen MR) is 85.8 cm³/mol. The molecular weight excluding hydrogens is 326 g/mol. The molecule has 0 aliphatic heterocycles. The number of para-hydroxylation sites is 1. The third-order valence-electron chi connectivity index (χ3n) is 2.86. The highest BCUT2D eigenvalue weighted by atomic mass is 35.5. The van der Waals surface area contributed by atoms with Gasteiger partial charge in [0.2, 0.25) is 5.91 Å². The lowest BCUT2D eigenvalue weighted by Gasteiger charge is -2.12. The van der Waals surface area contributed by atoms with Gasteiger partial charge in [-0.2, -0.15) is 5.10 Å². The van der Waals surface area contributed by atoms with Crippen molar-refractivity contribution in [2.75, 3.05) is 11.1 Å². The molecule has 0 atom stereocenters. The summed E-state index contributed by atoms with van der Waals surface area (Å²) in [6.07, 6.45) is 3.12. The molecule has 22 heavy (non-hydrogen) atoms. The van der Waals surface area contributed by atoms with E-state index in [1.165, 1.54) is 4.68 Å². The SMILES string of the molecule is C=CS(=O)(=O)CCC(=O)Nc1cccc(Cl)c1-n1cccn1. The van der Waals surface area contributed by atoms with Gasteiger partial charge in [-0.15, -0.1) is 0 Å². The number of nitrogens with zero attached hydrogens (tertiary/aromatic N) is 2. The number of benzene rings is 1. The van der Waals surface area contributed by atoms with E-state index in [1.54, 1.807) is 36.7 Å². The van der Waals surface area contributed by atoms with Crippen LogP contribution in [-0.4, -0.2) is 29.9 Å². The molecule has 1 aromatic heterocycles. The lowest BCUT2D eigenvalue weighted by molar-refractivity contribution is -0.115. The number of halogens is 1. The summed E-state index contributed by atoms with van der Waals surface area (Å²) in [6, 6.07) is 6.76. The van der Waals surface area contributed by atoms with Crippen LogP contribution in [0.15, 0.2) is 48.6 Å². The minimum atomic E-state index is -3.41. The van der Waals surface area contributed by atoms with E-state index in [9.17, 15) is 13.2 Å². The van der Waals surface area contributed by atoms with E-state index >= 15 is 0 Å². The number of sulfone groups is 1. The topological polar surface area (TPSA) is 81.1 Å². The largest absolute Gasteiger partial charge is 0.324 e. The molecule has 0 aliphatic rings. The fourth-order valence-electron chi connectivity index (χ4n) is 1.78. The Labute approximate surface area is 133 Å². The van der Waals surface area contributed by atoms with Crippen molar-refractivity contribution < 1.29 is 13.2 Å². The standard InChI is InChI=1S/C14H14ClN3O3S/c1-2-22(20,21)10-7-13(19)17-12-6-3-5-11(15)14(12)18-9-4-8-16-18/h2-6,8-9H,1,7,10H2,(H,17,19). The molecule has 2 aromatic rings. The van der Waals surface area contributed by atoms with Crippen molar-refractivity contribution >= 4 is 33.0 Å². The van der Waals surface area contributed by atoms with Crippen LogP contribution in [0, 0.1) is 0 Å². The van der Waals surface area contributed by atoms with E-state index in [0.717, 1.165) is 5.41 Å². The molecule has 1 N–H and O–H groups in total. The Morgan fingerprint density at radius 2 is 2.18 bits per heavy atom. The van der Waals surface area contributed by atoms with Gasteiger partial charge in [0.15, 0.2) is 9.84 Å². The number of carbonyl (C=O) groups excluding carboxylic acids is 1. The zero-order valence-electron chi connectivity index (χ0n) is 11.6. The summed E-state index contributed by atoms with van der Waals surface area (Å²) in [4.78, 5) is 11.9. The lowest BCUT2D eigenvalue weighted by atomic mass is 10.2. The Balaban J connectivity index is 2.18. The van der Waals surface area contributed by atoms with Crippen LogP contribution in [-0.2, 0) is 14.6 Å². The molecule has 0 spiro atoms. The van der Waals surface area contributed by atoms with Crippen LogP contribution in [0.25, 0.3) is 5.69 Å². The average Bonchev–Trinajstić information content (AvgIpc) is 2.99. The Hall–Kier alpha value is -2.12. The molecular formula is C14H14ClN3O3S. The van der Waals surface area contributed by atoms with Crippen LogP contribution in [0.4, 0.5) is 5.69 Å². The number of carbonyl (C=O) groups is 1. The second-order valence-corrected chi connectivity index (χ2v) is 6.89. The first-order valence-corrected chi connectivity index (χ1v) is 8.46. The summed E-state index contributed by atoms with van der Waals surface area (Å²) in [5.41, 5.74) is 0.978. The van der Waals surface area contributed by atoms with E-state index < -0.39 is 15.7 Å². The maximum Gasteiger partial charge on any atom is 0.225 e. The lowest BCUT2D eigenvalue weighted by Crippen LogP contribution is -2.17. The molecule has 0 saturated carbocycles. The summed E-state index contributed by atoms with van der Waals surface area (Å²) < 4.78 is 24.2. The molecule has 6 nitrogen and oxygen atoms in total. The highest BCUT2D eigenvalue weighted by Gasteiger charge is 2.14. The van der Waals surface area contributed by atoms with Crippen molar-refractivity contribution in [1.29, 1.82) is 0 Å². The number of nitrogens with one attached hydrogen (secondary N) is 1. The Kier molecular flexibility index (Phi) is 4.99. The number of anilines is 1. The highest BCUT2D eigenvalue weighted by Crippen LogP contribution is 2.28. The molecule has 0 fully saturated rings. The van der Waals surface area contributed by atoms with Crippen LogP contribution in [0.1, 0.15) is 6.42 Å². The van der Waals surface area contributed by atoms with Gasteiger partial charge in [0.25, 0.3) is 0 Å². The first-order valence-electron chi connectivity index (χ1n) is 6.36. The maximum absolute atomic E-state index is 11.9. The van der Waals surface area contributed by atoms with Crippen molar-refractivity contribution in [3.8, 4) is 5.69 Å². The molecule has 0 unspecified atom stereocenters. The predicted octanol–water partition coefficient (Wildman–Crippen LogP) is 2.41. The smallest absolute Gasteiger partial charge is 0.225 e. The van der Waals surface area contributed by atoms with Gasteiger partial charge >= 0.3 is 0 Å². The molecule has 1 amide bonds. The Morgan fingerprint density at radius 3 is 2.82 bits per heavy atom. The van der Waals surface area contributed by atoms with Crippen LogP contribution in [0.5, 0.6) is 0 Å². The van der Waals surface area contributed by atoms with E-state index in [0.29, 0.717) is 16.4 Å². The molecule has 1 heterocycles. The first kappa shape index (κ1) is 16.3. The zero-order valence-corrected chi connectivity index (χ0v) is 13.1. The van der Waals surface area contributed by atoms with E-state index in [2.05, 4.69) is 17.0 Å². The van der Waals surface area contributed by atoms with Crippen LogP contribution in [0.3, 0.4) is 0 Å². The van der Waals surface area contributed by atoms with Crippen LogP contribution >= 0.6 is 11.6 Å². The second kappa shape index (κ2) is 6.76. The Morgan fingerprint density at radius 1 is 1.41 bits per heavy atom. The summed E-state index contributed by atoms with van der Waals surface area (Å²) >= 11 is 6.16. The Bertz CT molecular complexity index is 786. The van der Waals surface area contributed by atoms with E-state index in [4.69, 9.17) is 11.6 Å². The molecule has 0 bridgehead atoms. The van der Waals surface area contributed by atoms with Gasteiger partial charge in [0.1, 0.15) is 5.69 Å². The average molecular weight is 340 g/mol. The van der Waals surface area contributed by atoms with Gasteiger partial charge in [-0.3, -0.25) is 4.79 Å². The van der Waals surface area contributed by atoms with Gasteiger partial charge < -0.3 is 5.32 Å². The number of aromatic nitrogens is 2. The van der Waals surface area contributed by atoms with E-state index in [1.807, 2.05) is 0 Å². The number of amides is 1. The van der Waals surface area contributed by atoms with Crippen molar-refractivity contribution in [3.63, 3.8) is 0 Å². The number of hydrogen-bond acceptors (Lipinski definition) is 4. The van der Waals surface area contributed by atoms with Gasteiger partial charge in [-0.25, -0.2) is 13.1 Å². The van der Waals surface area contributed by atoms with Crippen LogP contribution in [0.2, 0.25) is 5.02 Å². The molecule has 1 aromatic carbocycles. The van der Waals surface area contributed by atoms with Crippen LogP contribution < -0.4 is 5.32 Å². The highest BCUT2D eigenvalue weighted by molar-refractivity contribution is 7.94. The zero-order chi connectivity index (χ0) is 16.2. The number of rotatable bonds is 6. The maximum atomic E-state index is 11.9. The molecule has 116 valence electrons. The van der Waals surface area contributed by atoms with E-state index in [-0.39, 0.29) is 12.2 Å². The van der Waals surface area contributed by atoms with Gasteiger partial charge in [-0.05, 0) is 18.2 Å². The minimum Gasteiger partial charge on any atom is -0.324 e. The summed E-state index contributed by atoms with van der Waals surface area (Å²) in [5.74, 6) is -0.721. The van der Waals surface area contributed by atoms with Gasteiger partial charge in [0, 0.05) is 24.2 Å². The van der Waals surface area contributed by atoms with Crippen molar-refractivity contribution in [1.82, 2.24) is 9.78 Å². The third kappa shape index (κ3) is 3.96. The van der Waals surface area contributed by atoms with Crippen molar-refractivity contribution in [3.05, 3.63) is 53.7 Å². The minimum absolute atomic E-state index is 0.167. The molecule has 0 saturated heterocycles. The number of hydrogen-bond donors (Lipinski definition) is 1. The van der Waals surface area contributed by atoms with Crippen molar-refractivity contribution in [2.24, 2.45) is 0 Å². The molecule has 8 heteroatoms. The van der Waals surface area contributed by atoms with Crippen molar-refractivity contribution in [2.45, 2.75) is 6.42 Å². The van der Waals surface area contributed by atoms with Gasteiger partial charge in [-0.1, -0.05) is 24.2 Å². The molecule has 0 radical (unpaired) electrons. The fraction of sp³-hybridized carbons (Fsp3) is 0.143. The first-order chi connectivity index (χ1) is 10.4. The quantitative estimate of drug-likeness (QED) is 0.876. The second-order valence-electron chi connectivity index (χ2n) is 4.42. The summed E-state index contributed by atoms with van der Waals surface area (Å²) in [5, 5.41) is 8.00. The summed E-state index contributed by atoms with van der Waals surface area (Å²) in [7, 11) is -3.41. The summed E-state index contributed by atoms with van der Waals surface area (Å²) in [6.45, 7) is 3.21. The normalized spacial score (nSPS) is 11.1. The van der Waals surface area contributed by atoms with Gasteiger partial charge in [0.05, 0.1) is 16.5 Å². The monoisotopic (exact) mass is 339 g/mol. The molecule has 2 rings (SSSR count). The molecule has 0 aliphatic carbocycles. The fourth-order valence-corrected chi connectivity index (χ4v) is 2.68.